The summed E-state index contributed by atoms with van der Waals surface area (Å²) in [6.45, 7) is 0. The van der Waals surface area contributed by atoms with Crippen LogP contribution in [0.4, 0.5) is 0 Å². The van der Waals surface area contributed by atoms with Gasteiger partial charge in [0, 0.05) is 60.7 Å². The molecule has 0 saturated heterocycles. The number of benzene rings is 2. The van der Waals surface area contributed by atoms with E-state index in [1.54, 1.807) is 0 Å². The van der Waals surface area contributed by atoms with Crippen LogP contribution in [0.25, 0.3) is 57.5 Å². The van der Waals surface area contributed by atoms with Gasteiger partial charge in [0.1, 0.15) is 0 Å². The van der Waals surface area contributed by atoms with Gasteiger partial charge in [-0.25, -0.2) is 0 Å². The molecule has 0 radical (unpaired) electrons. The molecule has 0 aliphatic carbocycles. The average Bonchev–Trinajstić information content (AvgIpc) is 3.43. The van der Waals surface area contributed by atoms with Crippen LogP contribution in [-0.2, 0) is 14.1 Å². The summed E-state index contributed by atoms with van der Waals surface area (Å²) in [5.74, 6) is 0. The topological polar surface area (TPSA) is 35.6 Å². The van der Waals surface area contributed by atoms with Gasteiger partial charge in [-0.15, -0.1) is 0 Å². The van der Waals surface area contributed by atoms with Crippen LogP contribution in [0.5, 0.6) is 0 Å². The zero-order valence-electron chi connectivity index (χ0n) is 20.3. The molecule has 0 amide bonds. The third kappa shape index (κ3) is 4.14. The summed E-state index contributed by atoms with van der Waals surface area (Å²) < 4.78 is 4.32. The van der Waals surface area contributed by atoms with E-state index in [4.69, 9.17) is 0 Å². The highest BCUT2D eigenvalue weighted by atomic mass is 14.9. The first-order valence-electron chi connectivity index (χ1n) is 12.0. The minimum Gasteiger partial charge on any atom is -0.350 e. The second-order valence-corrected chi connectivity index (χ2v) is 9.04. The molecule has 0 saturated carbocycles. The Labute approximate surface area is 210 Å². The molecular formula is C32H26N4. The van der Waals surface area contributed by atoms with E-state index < -0.39 is 0 Å². The number of rotatable bonds is 5. The number of nitrogens with zero attached hydrogens (tertiary/aromatic N) is 4. The van der Waals surface area contributed by atoms with E-state index in [9.17, 15) is 0 Å². The molecule has 4 aromatic heterocycles. The van der Waals surface area contributed by atoms with Crippen molar-refractivity contribution < 1.29 is 0 Å². The largest absolute Gasteiger partial charge is 0.350 e. The van der Waals surface area contributed by atoms with Crippen LogP contribution in [0, 0.1) is 0 Å². The van der Waals surface area contributed by atoms with Crippen molar-refractivity contribution in [2.45, 2.75) is 0 Å². The van der Waals surface area contributed by atoms with E-state index in [2.05, 4.69) is 131 Å². The van der Waals surface area contributed by atoms with Gasteiger partial charge in [-0.3, -0.25) is 9.97 Å². The van der Waals surface area contributed by atoms with Crippen LogP contribution in [0.1, 0.15) is 22.3 Å². The summed E-state index contributed by atoms with van der Waals surface area (Å²) in [4.78, 5) is 9.19. The molecule has 0 atom stereocenters. The average molecular weight is 467 g/mol. The number of aromatic nitrogens is 4. The third-order valence-electron chi connectivity index (χ3n) is 6.60. The van der Waals surface area contributed by atoms with Crippen LogP contribution in [0.2, 0.25) is 0 Å². The van der Waals surface area contributed by atoms with E-state index in [0.29, 0.717) is 0 Å². The summed E-state index contributed by atoms with van der Waals surface area (Å²) in [6.07, 6.45) is 16.6. The van der Waals surface area contributed by atoms with E-state index in [1.165, 1.54) is 32.9 Å². The lowest BCUT2D eigenvalue weighted by atomic mass is 10.1. The van der Waals surface area contributed by atoms with E-state index in [1.807, 2.05) is 24.5 Å². The van der Waals surface area contributed by atoms with Crippen LogP contribution in [-0.4, -0.2) is 19.1 Å². The minimum atomic E-state index is 0.857. The van der Waals surface area contributed by atoms with Gasteiger partial charge >= 0.3 is 0 Å². The van der Waals surface area contributed by atoms with Crippen molar-refractivity contribution in [2.75, 3.05) is 0 Å². The molecule has 36 heavy (non-hydrogen) atoms. The zero-order chi connectivity index (χ0) is 24.5. The molecule has 0 fully saturated rings. The lowest BCUT2D eigenvalue weighted by Gasteiger charge is -2.03. The van der Waals surface area contributed by atoms with Gasteiger partial charge in [-0.2, -0.15) is 0 Å². The third-order valence-corrected chi connectivity index (χ3v) is 6.60. The second kappa shape index (κ2) is 9.16. The van der Waals surface area contributed by atoms with Gasteiger partial charge < -0.3 is 9.13 Å². The fourth-order valence-electron chi connectivity index (χ4n) is 4.76. The predicted molar refractivity (Wildman–Crippen MR) is 151 cm³/mol. The van der Waals surface area contributed by atoms with Gasteiger partial charge in [0.05, 0.1) is 11.4 Å². The van der Waals surface area contributed by atoms with Gasteiger partial charge in [-0.1, -0.05) is 60.7 Å². The maximum atomic E-state index is 4.59. The molecule has 174 valence electrons. The highest BCUT2D eigenvalue weighted by molar-refractivity contribution is 5.93. The molecule has 0 bridgehead atoms. The summed E-state index contributed by atoms with van der Waals surface area (Å²) in [7, 11) is 4.16. The molecule has 0 unspecified atom stereocenters. The fraction of sp³-hybridized carbons (Fsp3) is 0.0625. The van der Waals surface area contributed by atoms with Gasteiger partial charge in [0.15, 0.2) is 0 Å². The van der Waals surface area contributed by atoms with Gasteiger partial charge in [0.2, 0.25) is 0 Å². The number of hydrogen-bond acceptors (Lipinski definition) is 2. The first kappa shape index (κ1) is 21.8. The molecule has 0 aliphatic heterocycles. The molecule has 0 aliphatic rings. The molecule has 4 heterocycles. The summed E-state index contributed by atoms with van der Waals surface area (Å²) in [5.41, 5.74) is 8.74. The monoisotopic (exact) mass is 466 g/mol. The standard InChI is InChI=1S/C32H26N4/c1-35-21-25(27-7-3-5-9-31(27)35)13-11-23-15-17-33-29(19-23)30-20-24(16-18-34-30)12-14-26-22-36(2)32-10-6-4-8-28(26)32/h3-22H,1-2H3/b13-11+,14-12+. The molecule has 2 aromatic carbocycles. The van der Waals surface area contributed by atoms with Crippen LogP contribution in [0.3, 0.4) is 0 Å². The van der Waals surface area contributed by atoms with Crippen molar-refractivity contribution in [3.05, 3.63) is 120 Å². The SMILES string of the molecule is Cn1cc(/C=C/c2ccnc(-c3cc(/C=C/c4cn(C)c5ccccc45)ccn3)c2)c2ccccc21. The summed E-state index contributed by atoms with van der Waals surface area (Å²) in [5, 5.41) is 2.50. The molecule has 6 rings (SSSR count). The fourth-order valence-corrected chi connectivity index (χ4v) is 4.76. The Morgan fingerprint density at radius 1 is 0.556 bits per heavy atom. The lowest BCUT2D eigenvalue weighted by Crippen LogP contribution is -1.88. The summed E-state index contributed by atoms with van der Waals surface area (Å²) >= 11 is 0. The Hall–Kier alpha value is -4.70. The lowest BCUT2D eigenvalue weighted by molar-refractivity contribution is 0.968. The number of pyridine rings is 2. The smallest absolute Gasteiger partial charge is 0.0892 e. The maximum absolute atomic E-state index is 4.59. The Morgan fingerprint density at radius 3 is 1.47 bits per heavy atom. The van der Waals surface area contributed by atoms with Crippen molar-refractivity contribution in [2.24, 2.45) is 14.1 Å². The van der Waals surface area contributed by atoms with Crippen molar-refractivity contribution in [3.8, 4) is 11.4 Å². The quantitative estimate of drug-likeness (QED) is 0.264. The Kier molecular flexibility index (Phi) is 5.55. The molecule has 4 nitrogen and oxygen atoms in total. The van der Waals surface area contributed by atoms with E-state index in [-0.39, 0.29) is 0 Å². The number of para-hydroxylation sites is 2. The van der Waals surface area contributed by atoms with Crippen molar-refractivity contribution >= 4 is 46.1 Å². The zero-order valence-corrected chi connectivity index (χ0v) is 20.3. The van der Waals surface area contributed by atoms with Crippen LogP contribution >= 0.6 is 0 Å². The maximum Gasteiger partial charge on any atom is 0.0892 e. The second-order valence-electron chi connectivity index (χ2n) is 9.04. The van der Waals surface area contributed by atoms with Gasteiger partial charge in [0.25, 0.3) is 0 Å². The number of hydrogen-bond donors (Lipinski definition) is 0. The molecule has 4 heteroatoms. The van der Waals surface area contributed by atoms with Crippen molar-refractivity contribution in [1.29, 1.82) is 0 Å². The first-order chi connectivity index (χ1) is 17.7. The minimum absolute atomic E-state index is 0.857. The van der Waals surface area contributed by atoms with Crippen LogP contribution in [0.15, 0.2) is 97.6 Å². The van der Waals surface area contributed by atoms with E-state index in [0.717, 1.165) is 22.5 Å². The van der Waals surface area contributed by atoms with Crippen LogP contribution < -0.4 is 0 Å². The van der Waals surface area contributed by atoms with Crippen molar-refractivity contribution in [3.63, 3.8) is 0 Å². The molecule has 0 N–H and O–H groups in total. The number of aryl methyl sites for hydroxylation is 2. The summed E-state index contributed by atoms with van der Waals surface area (Å²) in [6, 6.07) is 25.1. The van der Waals surface area contributed by atoms with Gasteiger partial charge in [-0.05, 0) is 58.7 Å². The molecular weight excluding hydrogens is 440 g/mol. The molecule has 0 spiro atoms. The first-order valence-corrected chi connectivity index (χ1v) is 12.0. The Bertz CT molecular complexity index is 1630. The molecule has 6 aromatic rings. The Morgan fingerprint density at radius 2 is 1.00 bits per heavy atom. The number of fused-ring (bicyclic) bond motifs is 2. The highest BCUT2D eigenvalue weighted by Crippen LogP contribution is 2.25. The Balaban J connectivity index is 1.27. The predicted octanol–water partition coefficient (Wildman–Crippen LogP) is 7.47. The van der Waals surface area contributed by atoms with Crippen molar-refractivity contribution in [1.82, 2.24) is 19.1 Å². The normalized spacial score (nSPS) is 11.9. The van der Waals surface area contributed by atoms with E-state index >= 15 is 0 Å². The highest BCUT2D eigenvalue weighted by Gasteiger charge is 2.06.